The third-order valence-electron chi connectivity index (χ3n) is 5.62. The Morgan fingerprint density at radius 3 is 2.36 bits per heavy atom. The van der Waals surface area contributed by atoms with Crippen LogP contribution in [0.2, 0.25) is 0 Å². The van der Waals surface area contributed by atoms with Crippen LogP contribution in [0.25, 0.3) is 0 Å². The van der Waals surface area contributed by atoms with Gasteiger partial charge in [0.1, 0.15) is 0 Å². The van der Waals surface area contributed by atoms with Crippen molar-refractivity contribution in [2.75, 3.05) is 0 Å². The first-order valence-electron chi connectivity index (χ1n) is 5.39. The van der Waals surface area contributed by atoms with Gasteiger partial charge in [-0.25, -0.2) is 0 Å². The van der Waals surface area contributed by atoms with Crippen LogP contribution in [-0.4, -0.2) is 0 Å². The SMILES string of the molecule is C1CC2(C1)C1C[C@]13CCC[C@@H]23. The highest BCUT2D eigenvalue weighted by Gasteiger charge is 2.81. The molecule has 11 heavy (non-hydrogen) atoms. The van der Waals surface area contributed by atoms with Crippen LogP contribution in [0.15, 0.2) is 0 Å². The summed E-state index contributed by atoms with van der Waals surface area (Å²) in [5.74, 6) is 2.48. The van der Waals surface area contributed by atoms with Crippen LogP contribution in [0, 0.1) is 22.7 Å². The van der Waals surface area contributed by atoms with Crippen LogP contribution in [0.1, 0.15) is 44.9 Å². The van der Waals surface area contributed by atoms with Crippen molar-refractivity contribution in [3.05, 3.63) is 0 Å². The second-order valence-corrected chi connectivity index (χ2v) is 5.52. The van der Waals surface area contributed by atoms with Gasteiger partial charge in [-0.05, 0) is 54.8 Å². The van der Waals surface area contributed by atoms with Gasteiger partial charge in [0.05, 0.1) is 0 Å². The lowest BCUT2D eigenvalue weighted by molar-refractivity contribution is -0.0962. The maximum absolute atomic E-state index is 1.65. The summed E-state index contributed by atoms with van der Waals surface area (Å²) in [7, 11) is 0. The molecule has 2 spiro atoms. The van der Waals surface area contributed by atoms with Crippen LogP contribution in [0.4, 0.5) is 0 Å². The summed E-state index contributed by atoms with van der Waals surface area (Å²) in [6.45, 7) is 0. The van der Waals surface area contributed by atoms with E-state index in [0.717, 1.165) is 10.8 Å². The Labute approximate surface area is 68.4 Å². The van der Waals surface area contributed by atoms with Gasteiger partial charge in [0.25, 0.3) is 0 Å². The molecule has 0 heterocycles. The Morgan fingerprint density at radius 1 is 0.818 bits per heavy atom. The van der Waals surface area contributed by atoms with Gasteiger partial charge < -0.3 is 0 Å². The molecule has 1 unspecified atom stereocenters. The molecule has 0 N–H and O–H groups in total. The van der Waals surface area contributed by atoms with Crippen molar-refractivity contribution in [2.24, 2.45) is 22.7 Å². The third kappa shape index (κ3) is 0.363. The van der Waals surface area contributed by atoms with Gasteiger partial charge >= 0.3 is 0 Å². The van der Waals surface area contributed by atoms with Gasteiger partial charge in [-0.15, -0.1) is 0 Å². The molecule has 60 valence electrons. The zero-order valence-electron chi connectivity index (χ0n) is 7.10. The van der Waals surface area contributed by atoms with Crippen molar-refractivity contribution in [1.29, 1.82) is 0 Å². The van der Waals surface area contributed by atoms with E-state index < -0.39 is 0 Å². The molecule has 0 heteroatoms. The third-order valence-corrected chi connectivity index (χ3v) is 5.62. The van der Waals surface area contributed by atoms with Gasteiger partial charge in [0, 0.05) is 0 Å². The minimum absolute atomic E-state index is 0.969. The standard InChI is InChI=1S/C11H16/c1-3-8-10(5-2-6-10)9-7-11(8,9)4-1/h8-9H,1-7H2/t8-,9?,11-/m0/s1. The molecule has 3 atom stereocenters. The highest BCUT2D eigenvalue weighted by molar-refractivity contribution is 5.30. The van der Waals surface area contributed by atoms with Gasteiger partial charge in [-0.2, -0.15) is 0 Å². The summed E-state index contributed by atoms with van der Waals surface area (Å²) in [6, 6.07) is 0. The first-order chi connectivity index (χ1) is 5.39. The Morgan fingerprint density at radius 2 is 1.64 bits per heavy atom. The molecule has 0 aromatic carbocycles. The normalized spacial score (nSPS) is 61.1. The first kappa shape index (κ1) is 5.61. The van der Waals surface area contributed by atoms with E-state index in [1.54, 1.807) is 44.9 Å². The lowest BCUT2D eigenvalue weighted by atomic mass is 9.46. The molecule has 0 aromatic heterocycles. The van der Waals surface area contributed by atoms with Crippen molar-refractivity contribution in [1.82, 2.24) is 0 Å². The fourth-order valence-corrected chi connectivity index (χ4v) is 5.14. The molecular weight excluding hydrogens is 132 g/mol. The summed E-state index contributed by atoms with van der Waals surface area (Å²) in [5, 5.41) is 0. The molecule has 4 saturated carbocycles. The van der Waals surface area contributed by atoms with E-state index in [4.69, 9.17) is 0 Å². The van der Waals surface area contributed by atoms with Gasteiger partial charge in [0.15, 0.2) is 0 Å². The van der Waals surface area contributed by atoms with E-state index in [1.807, 2.05) is 0 Å². The van der Waals surface area contributed by atoms with Crippen LogP contribution < -0.4 is 0 Å². The summed E-state index contributed by atoms with van der Waals surface area (Å²) >= 11 is 0. The van der Waals surface area contributed by atoms with Gasteiger partial charge in [0.2, 0.25) is 0 Å². The van der Waals surface area contributed by atoms with Gasteiger partial charge in [-0.3, -0.25) is 0 Å². The van der Waals surface area contributed by atoms with Crippen LogP contribution in [-0.2, 0) is 0 Å². The molecule has 0 aromatic rings. The lowest BCUT2D eigenvalue weighted by Crippen LogP contribution is -2.51. The monoisotopic (exact) mass is 148 g/mol. The topological polar surface area (TPSA) is 0 Å². The Hall–Kier alpha value is 0. The summed E-state index contributed by atoms with van der Waals surface area (Å²) < 4.78 is 0. The number of rotatable bonds is 0. The smallest absolute Gasteiger partial charge is 0.0227 e. The molecule has 0 saturated heterocycles. The fourth-order valence-electron chi connectivity index (χ4n) is 5.14. The van der Waals surface area contributed by atoms with E-state index >= 15 is 0 Å². The number of fused-ring (bicyclic) bond motifs is 2. The first-order valence-corrected chi connectivity index (χ1v) is 5.39. The molecule has 0 radical (unpaired) electrons. The van der Waals surface area contributed by atoms with Crippen molar-refractivity contribution >= 4 is 0 Å². The molecule has 4 aliphatic carbocycles. The highest BCUT2D eigenvalue weighted by atomic mass is 14.9. The lowest BCUT2D eigenvalue weighted by Gasteiger charge is -2.58. The van der Waals surface area contributed by atoms with E-state index in [9.17, 15) is 0 Å². The summed E-state index contributed by atoms with van der Waals surface area (Å²) in [6.07, 6.45) is 11.2. The Kier molecular flexibility index (Phi) is 0.661. The van der Waals surface area contributed by atoms with Crippen molar-refractivity contribution in [3.63, 3.8) is 0 Å². The molecule has 0 aliphatic heterocycles. The predicted molar refractivity (Wildman–Crippen MR) is 44.2 cm³/mol. The second-order valence-electron chi connectivity index (χ2n) is 5.52. The van der Waals surface area contributed by atoms with E-state index in [1.165, 1.54) is 11.8 Å². The Bertz CT molecular complexity index is 226. The second kappa shape index (κ2) is 1.30. The number of hydrogen-bond acceptors (Lipinski definition) is 0. The van der Waals surface area contributed by atoms with E-state index in [0.29, 0.717) is 0 Å². The van der Waals surface area contributed by atoms with Crippen LogP contribution in [0.5, 0.6) is 0 Å². The predicted octanol–water partition coefficient (Wildman–Crippen LogP) is 2.98. The average Bonchev–Trinajstić information content (AvgIpc) is 2.24. The molecule has 0 nitrogen and oxygen atoms in total. The number of hydrogen-bond donors (Lipinski definition) is 0. The molecule has 0 amide bonds. The quantitative estimate of drug-likeness (QED) is 0.495. The van der Waals surface area contributed by atoms with Crippen molar-refractivity contribution in [2.45, 2.75) is 44.9 Å². The van der Waals surface area contributed by atoms with Crippen LogP contribution in [0.3, 0.4) is 0 Å². The van der Waals surface area contributed by atoms with E-state index in [2.05, 4.69) is 0 Å². The van der Waals surface area contributed by atoms with Gasteiger partial charge in [-0.1, -0.05) is 12.8 Å². The minimum atomic E-state index is 0.969. The molecule has 4 rings (SSSR count). The molecule has 4 aliphatic rings. The zero-order chi connectivity index (χ0) is 7.10. The average molecular weight is 148 g/mol. The largest absolute Gasteiger partial charge is 0.0525 e. The molecule has 0 bridgehead atoms. The summed E-state index contributed by atoms with van der Waals surface area (Å²) in [4.78, 5) is 0. The van der Waals surface area contributed by atoms with E-state index in [-0.39, 0.29) is 0 Å². The van der Waals surface area contributed by atoms with Crippen LogP contribution >= 0.6 is 0 Å². The highest BCUT2D eigenvalue weighted by Crippen LogP contribution is 2.89. The fraction of sp³-hybridized carbons (Fsp3) is 1.00. The maximum atomic E-state index is 1.65. The Balaban J connectivity index is 1.78. The van der Waals surface area contributed by atoms with Crippen molar-refractivity contribution in [3.8, 4) is 0 Å². The maximum Gasteiger partial charge on any atom is -0.0227 e. The summed E-state index contributed by atoms with van der Waals surface area (Å²) in [5.41, 5.74) is 1.96. The minimum Gasteiger partial charge on any atom is -0.0525 e. The van der Waals surface area contributed by atoms with Crippen molar-refractivity contribution < 1.29 is 0 Å². The zero-order valence-corrected chi connectivity index (χ0v) is 7.10. The molecular formula is C11H16. The molecule has 4 fully saturated rings.